The summed E-state index contributed by atoms with van der Waals surface area (Å²) >= 11 is 0. The Balaban J connectivity index is 2.20. The summed E-state index contributed by atoms with van der Waals surface area (Å²) in [5, 5.41) is 0. The Morgan fingerprint density at radius 1 is 1.29 bits per heavy atom. The summed E-state index contributed by atoms with van der Waals surface area (Å²) in [7, 11) is 1.60. The number of nitrogens with zero attached hydrogens (tertiary/aromatic N) is 3. The van der Waals surface area contributed by atoms with E-state index in [4.69, 9.17) is 0 Å². The number of amides is 1. The van der Waals surface area contributed by atoms with Gasteiger partial charge in [-0.1, -0.05) is 25.1 Å². The zero-order valence-electron chi connectivity index (χ0n) is 13.4. The molecule has 1 amide bonds. The first kappa shape index (κ1) is 17.9. The van der Waals surface area contributed by atoms with Gasteiger partial charge in [0.25, 0.3) is 0 Å². The molecule has 128 valence electrons. The molecule has 0 aliphatic heterocycles. The van der Waals surface area contributed by atoms with Crippen LogP contribution < -0.4 is 0 Å². The molecule has 0 N–H and O–H groups in total. The highest BCUT2D eigenvalue weighted by atomic mass is 19.4. The van der Waals surface area contributed by atoms with Crippen LogP contribution in [0, 0.1) is 0 Å². The zero-order chi connectivity index (χ0) is 17.7. The van der Waals surface area contributed by atoms with Gasteiger partial charge in [-0.2, -0.15) is 13.2 Å². The number of benzene rings is 1. The molecule has 1 heterocycles. The quantitative estimate of drug-likeness (QED) is 0.837. The van der Waals surface area contributed by atoms with Gasteiger partial charge in [0.2, 0.25) is 5.91 Å². The molecule has 1 aromatic carbocycles. The van der Waals surface area contributed by atoms with E-state index >= 15 is 0 Å². The zero-order valence-corrected chi connectivity index (χ0v) is 13.4. The molecule has 0 bridgehead atoms. The molecule has 1 atom stereocenters. The van der Waals surface area contributed by atoms with E-state index in [0.717, 1.165) is 12.1 Å². The highest BCUT2D eigenvalue weighted by molar-refractivity contribution is 5.83. The lowest BCUT2D eigenvalue weighted by Gasteiger charge is -2.23. The average Bonchev–Trinajstić information content (AvgIpc) is 2.56. The van der Waals surface area contributed by atoms with Crippen molar-refractivity contribution >= 4 is 5.91 Å². The van der Waals surface area contributed by atoms with Crippen molar-refractivity contribution in [2.24, 2.45) is 0 Å². The Morgan fingerprint density at radius 3 is 2.62 bits per heavy atom. The Labute approximate surface area is 138 Å². The van der Waals surface area contributed by atoms with Gasteiger partial charge in [0.15, 0.2) is 0 Å². The second-order valence-electron chi connectivity index (χ2n) is 5.48. The van der Waals surface area contributed by atoms with Crippen molar-refractivity contribution in [1.29, 1.82) is 0 Å². The molecule has 0 unspecified atom stereocenters. The third-order valence-electron chi connectivity index (χ3n) is 3.71. The third-order valence-corrected chi connectivity index (χ3v) is 3.71. The van der Waals surface area contributed by atoms with Crippen molar-refractivity contribution in [1.82, 2.24) is 14.9 Å². The molecule has 1 aromatic heterocycles. The Morgan fingerprint density at radius 2 is 2.04 bits per heavy atom. The van der Waals surface area contributed by atoms with Crippen molar-refractivity contribution in [3.05, 3.63) is 59.7 Å². The van der Waals surface area contributed by atoms with Crippen LogP contribution in [0.1, 0.15) is 36.1 Å². The van der Waals surface area contributed by atoms with E-state index in [9.17, 15) is 18.0 Å². The molecular formula is C17H18F3N3O. The molecule has 0 fully saturated rings. The number of aromatic nitrogens is 2. The fourth-order valence-electron chi connectivity index (χ4n) is 2.48. The summed E-state index contributed by atoms with van der Waals surface area (Å²) in [6, 6.07) is 4.93. The third kappa shape index (κ3) is 4.31. The second kappa shape index (κ2) is 7.42. The lowest BCUT2D eigenvalue weighted by atomic mass is 9.93. The molecule has 24 heavy (non-hydrogen) atoms. The maximum Gasteiger partial charge on any atom is 0.416 e. The van der Waals surface area contributed by atoms with E-state index in [0.29, 0.717) is 17.7 Å². The number of carbonyl (C=O) groups is 1. The number of hydrogen-bond donors (Lipinski definition) is 0. The Bertz CT molecular complexity index is 689. The van der Waals surface area contributed by atoms with Crippen LogP contribution in [0.25, 0.3) is 0 Å². The van der Waals surface area contributed by atoms with Gasteiger partial charge < -0.3 is 4.90 Å². The highest BCUT2D eigenvalue weighted by Crippen LogP contribution is 2.32. The van der Waals surface area contributed by atoms with Crippen LogP contribution >= 0.6 is 0 Å². The van der Waals surface area contributed by atoms with Gasteiger partial charge in [-0.05, 0) is 18.1 Å². The monoisotopic (exact) mass is 337 g/mol. The number of halogens is 3. The standard InChI is InChI=1S/C17H18F3N3O/c1-3-15(12-5-4-6-13(9-12)17(18,19)20)16(24)23(2)11-14-10-21-7-8-22-14/h4-10,15H,3,11H2,1-2H3/t15-/m0/s1. The second-order valence-corrected chi connectivity index (χ2v) is 5.48. The van der Waals surface area contributed by atoms with Crippen LogP contribution in [0.4, 0.5) is 13.2 Å². The number of alkyl halides is 3. The van der Waals surface area contributed by atoms with Crippen molar-refractivity contribution in [3.63, 3.8) is 0 Å². The molecule has 4 nitrogen and oxygen atoms in total. The van der Waals surface area contributed by atoms with Crippen molar-refractivity contribution in [2.75, 3.05) is 7.05 Å². The summed E-state index contributed by atoms with van der Waals surface area (Å²) in [5.74, 6) is -0.878. The van der Waals surface area contributed by atoms with Gasteiger partial charge >= 0.3 is 6.18 Å². The predicted octanol–water partition coefficient (Wildman–Crippen LogP) is 3.65. The molecule has 2 rings (SSSR count). The highest BCUT2D eigenvalue weighted by Gasteiger charge is 2.32. The minimum absolute atomic E-state index is 0.248. The molecule has 0 aliphatic rings. The normalized spacial score (nSPS) is 12.7. The van der Waals surface area contributed by atoms with Gasteiger partial charge in [0.05, 0.1) is 29.9 Å². The lowest BCUT2D eigenvalue weighted by Crippen LogP contribution is -2.31. The molecule has 0 spiro atoms. The predicted molar refractivity (Wildman–Crippen MR) is 83.0 cm³/mol. The number of hydrogen-bond acceptors (Lipinski definition) is 3. The summed E-state index contributed by atoms with van der Waals surface area (Å²) in [6.07, 6.45) is 0.587. The average molecular weight is 337 g/mol. The summed E-state index contributed by atoms with van der Waals surface area (Å²) < 4.78 is 38.6. The maximum absolute atomic E-state index is 12.9. The lowest BCUT2D eigenvalue weighted by molar-refractivity contribution is -0.138. The van der Waals surface area contributed by atoms with Crippen molar-refractivity contribution < 1.29 is 18.0 Å². The van der Waals surface area contributed by atoms with Crippen LogP contribution in [0.5, 0.6) is 0 Å². The summed E-state index contributed by atoms with van der Waals surface area (Å²) in [6.45, 7) is 2.03. The molecule has 0 saturated heterocycles. The van der Waals surface area contributed by atoms with Gasteiger partial charge in [-0.15, -0.1) is 0 Å². The summed E-state index contributed by atoms with van der Waals surface area (Å²) in [5.41, 5.74) is 0.235. The Kier molecular flexibility index (Phi) is 5.54. The van der Waals surface area contributed by atoms with Crippen LogP contribution in [0.15, 0.2) is 42.9 Å². The van der Waals surface area contributed by atoms with Crippen molar-refractivity contribution in [3.8, 4) is 0 Å². The first-order chi connectivity index (χ1) is 11.3. The van der Waals surface area contributed by atoms with E-state index in [-0.39, 0.29) is 12.5 Å². The first-order valence-corrected chi connectivity index (χ1v) is 7.50. The van der Waals surface area contributed by atoms with E-state index in [1.807, 2.05) is 0 Å². The van der Waals surface area contributed by atoms with Crippen LogP contribution in [-0.2, 0) is 17.5 Å². The van der Waals surface area contributed by atoms with Crippen LogP contribution in [0.3, 0.4) is 0 Å². The van der Waals surface area contributed by atoms with E-state index in [1.165, 1.54) is 23.4 Å². The Hall–Kier alpha value is -2.44. The number of likely N-dealkylation sites (N-methyl/N-ethyl adjacent to an activating group) is 1. The minimum atomic E-state index is -4.43. The first-order valence-electron chi connectivity index (χ1n) is 7.50. The molecular weight excluding hydrogens is 319 g/mol. The van der Waals surface area contributed by atoms with Gasteiger partial charge in [0, 0.05) is 19.4 Å². The van der Waals surface area contributed by atoms with E-state index in [1.54, 1.807) is 26.2 Å². The minimum Gasteiger partial charge on any atom is -0.339 e. The van der Waals surface area contributed by atoms with Gasteiger partial charge in [-0.3, -0.25) is 14.8 Å². The largest absolute Gasteiger partial charge is 0.416 e. The number of rotatable bonds is 5. The molecule has 0 saturated carbocycles. The van der Waals surface area contributed by atoms with Crippen molar-refractivity contribution in [2.45, 2.75) is 32.0 Å². The molecule has 0 radical (unpaired) electrons. The fraction of sp³-hybridized carbons (Fsp3) is 0.353. The summed E-state index contributed by atoms with van der Waals surface area (Å²) in [4.78, 5) is 22.1. The smallest absolute Gasteiger partial charge is 0.339 e. The van der Waals surface area contributed by atoms with Gasteiger partial charge in [-0.25, -0.2) is 0 Å². The topological polar surface area (TPSA) is 46.1 Å². The molecule has 7 heteroatoms. The van der Waals surface area contributed by atoms with E-state index < -0.39 is 17.7 Å². The van der Waals surface area contributed by atoms with E-state index in [2.05, 4.69) is 9.97 Å². The number of carbonyl (C=O) groups excluding carboxylic acids is 1. The van der Waals surface area contributed by atoms with Crippen LogP contribution in [-0.4, -0.2) is 27.8 Å². The maximum atomic E-state index is 12.9. The molecule has 2 aromatic rings. The SMILES string of the molecule is CC[C@H](C(=O)N(C)Cc1cnccn1)c1cccc(C(F)(F)F)c1. The van der Waals surface area contributed by atoms with Gasteiger partial charge in [0.1, 0.15) is 0 Å². The molecule has 0 aliphatic carbocycles. The fourth-order valence-corrected chi connectivity index (χ4v) is 2.48. The van der Waals surface area contributed by atoms with Crippen LogP contribution in [0.2, 0.25) is 0 Å².